The smallest absolute Gasteiger partial charge is 0.232 e. The number of fused-ring (bicyclic) bond motifs is 1. The lowest BCUT2D eigenvalue weighted by molar-refractivity contribution is -0.122. The first-order valence-corrected chi connectivity index (χ1v) is 10.2. The maximum Gasteiger partial charge on any atom is 0.232 e. The van der Waals surface area contributed by atoms with E-state index in [0.29, 0.717) is 29.5 Å². The van der Waals surface area contributed by atoms with Gasteiger partial charge in [0.2, 0.25) is 22.7 Å². The van der Waals surface area contributed by atoms with Gasteiger partial charge in [0.05, 0.1) is 11.9 Å². The van der Waals surface area contributed by atoms with Crippen molar-refractivity contribution in [1.82, 2.24) is 5.32 Å². The van der Waals surface area contributed by atoms with Gasteiger partial charge in [-0.25, -0.2) is 8.42 Å². The summed E-state index contributed by atoms with van der Waals surface area (Å²) >= 11 is 0. The quantitative estimate of drug-likeness (QED) is 0.758. The van der Waals surface area contributed by atoms with Crippen LogP contribution in [0.2, 0.25) is 0 Å². The van der Waals surface area contributed by atoms with Crippen LogP contribution >= 0.6 is 0 Å². The van der Waals surface area contributed by atoms with Crippen molar-refractivity contribution in [3.63, 3.8) is 0 Å². The number of nitrogens with one attached hydrogen (secondary N) is 1. The predicted octanol–water partition coefficient (Wildman–Crippen LogP) is 2.12. The Bertz CT molecular complexity index is 718. The van der Waals surface area contributed by atoms with Crippen LogP contribution in [0.3, 0.4) is 0 Å². The molecule has 0 spiro atoms. The Morgan fingerprint density at radius 2 is 1.92 bits per heavy atom. The molecule has 8 heteroatoms. The number of benzene rings is 1. The number of carbonyl (C=O) groups is 1. The monoisotopic (exact) mass is 370 g/mol. The molecule has 1 aliphatic rings. The molecule has 1 heterocycles. The van der Waals surface area contributed by atoms with Gasteiger partial charge < -0.3 is 14.8 Å². The summed E-state index contributed by atoms with van der Waals surface area (Å²) < 4.78 is 36.1. The number of anilines is 1. The lowest BCUT2D eigenvalue weighted by Gasteiger charge is -2.23. The fourth-order valence-corrected chi connectivity index (χ4v) is 3.36. The van der Waals surface area contributed by atoms with Crippen LogP contribution in [0, 0.1) is 5.92 Å². The van der Waals surface area contributed by atoms with Gasteiger partial charge in [0.15, 0.2) is 11.5 Å². The molecule has 0 aliphatic carbocycles. The van der Waals surface area contributed by atoms with Crippen molar-refractivity contribution < 1.29 is 22.7 Å². The summed E-state index contributed by atoms with van der Waals surface area (Å²) in [4.78, 5) is 12.0. The van der Waals surface area contributed by atoms with E-state index in [0.717, 1.165) is 6.26 Å². The largest absolute Gasteiger partial charge is 0.454 e. The summed E-state index contributed by atoms with van der Waals surface area (Å²) in [6, 6.07) is 5.10. The van der Waals surface area contributed by atoms with Crippen molar-refractivity contribution >= 4 is 21.6 Å². The molecule has 1 amide bonds. The van der Waals surface area contributed by atoms with Gasteiger partial charge in [-0.2, -0.15) is 0 Å². The number of hydrogen-bond acceptors (Lipinski definition) is 5. The van der Waals surface area contributed by atoms with Gasteiger partial charge in [0, 0.05) is 25.1 Å². The van der Waals surface area contributed by atoms with Crippen LogP contribution in [0.4, 0.5) is 5.69 Å². The minimum absolute atomic E-state index is 0.0691. The van der Waals surface area contributed by atoms with Gasteiger partial charge in [-0.15, -0.1) is 0 Å². The molecule has 1 aromatic rings. The Balaban J connectivity index is 1.99. The second-order valence-electron chi connectivity index (χ2n) is 6.58. The third-order valence-corrected chi connectivity index (χ3v) is 5.39. The van der Waals surface area contributed by atoms with E-state index in [2.05, 4.69) is 5.32 Å². The van der Waals surface area contributed by atoms with E-state index < -0.39 is 10.0 Å². The zero-order valence-electron chi connectivity index (χ0n) is 15.1. The molecule has 0 bridgehead atoms. The van der Waals surface area contributed by atoms with Crippen LogP contribution in [0.15, 0.2) is 18.2 Å². The van der Waals surface area contributed by atoms with E-state index in [4.69, 9.17) is 9.47 Å². The highest BCUT2D eigenvalue weighted by Crippen LogP contribution is 2.36. The van der Waals surface area contributed by atoms with E-state index in [1.165, 1.54) is 4.31 Å². The molecule has 1 aromatic carbocycles. The van der Waals surface area contributed by atoms with E-state index in [-0.39, 0.29) is 31.7 Å². The van der Waals surface area contributed by atoms with Gasteiger partial charge in [-0.05, 0) is 31.4 Å². The molecule has 1 aliphatic heterocycles. The lowest BCUT2D eigenvalue weighted by Crippen LogP contribution is -2.37. The van der Waals surface area contributed by atoms with Crippen LogP contribution in [0.1, 0.15) is 33.6 Å². The van der Waals surface area contributed by atoms with Crippen molar-refractivity contribution in [3.8, 4) is 11.5 Å². The highest BCUT2D eigenvalue weighted by molar-refractivity contribution is 7.92. The third kappa shape index (κ3) is 5.26. The molecule has 2 rings (SSSR count). The summed E-state index contributed by atoms with van der Waals surface area (Å²) in [5.74, 6) is 1.40. The molecule has 1 N–H and O–H groups in total. The Labute approximate surface area is 149 Å². The highest BCUT2D eigenvalue weighted by Gasteiger charge is 2.21. The molecular formula is C17H26N2O5S. The lowest BCUT2D eigenvalue weighted by atomic mass is 10.1. The SMILES string of the molecule is CC(C)C(C)NC(=O)CCCN(c1ccc2c(c1)OCO2)S(C)(=O)=O. The van der Waals surface area contributed by atoms with Gasteiger partial charge in [-0.1, -0.05) is 13.8 Å². The molecule has 1 atom stereocenters. The molecule has 7 nitrogen and oxygen atoms in total. The first-order valence-electron chi connectivity index (χ1n) is 8.35. The minimum atomic E-state index is -3.46. The van der Waals surface area contributed by atoms with Crippen molar-refractivity contribution in [2.24, 2.45) is 5.92 Å². The van der Waals surface area contributed by atoms with Gasteiger partial charge in [0.1, 0.15) is 0 Å². The number of carbonyl (C=O) groups excluding carboxylic acids is 1. The number of ether oxygens (including phenoxy) is 2. The number of amides is 1. The molecular weight excluding hydrogens is 344 g/mol. The van der Waals surface area contributed by atoms with Crippen molar-refractivity contribution in [1.29, 1.82) is 0 Å². The van der Waals surface area contributed by atoms with E-state index in [1.807, 2.05) is 20.8 Å². The summed E-state index contributed by atoms with van der Waals surface area (Å²) in [5, 5.41) is 2.92. The average Bonchev–Trinajstić information content (AvgIpc) is 2.97. The van der Waals surface area contributed by atoms with Gasteiger partial charge in [-0.3, -0.25) is 9.10 Å². The predicted molar refractivity (Wildman–Crippen MR) is 96.4 cm³/mol. The summed E-state index contributed by atoms with van der Waals surface area (Å²) in [5.41, 5.74) is 0.503. The molecule has 1 unspecified atom stereocenters. The maximum atomic E-state index is 12.1. The zero-order chi connectivity index (χ0) is 18.6. The minimum Gasteiger partial charge on any atom is -0.454 e. The van der Waals surface area contributed by atoms with Crippen LogP contribution in [0.25, 0.3) is 0 Å². The maximum absolute atomic E-state index is 12.1. The molecule has 140 valence electrons. The second kappa shape index (κ2) is 7.95. The van der Waals surface area contributed by atoms with Crippen molar-refractivity contribution in [2.75, 3.05) is 23.9 Å². The molecule has 25 heavy (non-hydrogen) atoms. The van der Waals surface area contributed by atoms with Crippen LogP contribution in [0.5, 0.6) is 11.5 Å². The van der Waals surface area contributed by atoms with Crippen molar-refractivity contribution in [3.05, 3.63) is 18.2 Å². The first-order chi connectivity index (χ1) is 11.7. The molecule has 0 aromatic heterocycles. The van der Waals surface area contributed by atoms with Gasteiger partial charge in [0.25, 0.3) is 0 Å². The number of rotatable bonds is 8. The normalized spacial score (nSPS) is 14.4. The fraction of sp³-hybridized carbons (Fsp3) is 0.588. The number of sulfonamides is 1. The van der Waals surface area contributed by atoms with Crippen LogP contribution in [-0.2, 0) is 14.8 Å². The Kier molecular flexibility index (Phi) is 6.16. The van der Waals surface area contributed by atoms with E-state index in [9.17, 15) is 13.2 Å². The summed E-state index contributed by atoms with van der Waals surface area (Å²) in [7, 11) is -3.46. The Morgan fingerprint density at radius 1 is 1.24 bits per heavy atom. The second-order valence-corrected chi connectivity index (χ2v) is 8.48. The standard InChI is InChI=1S/C17H26N2O5S/c1-12(2)13(3)18-17(20)6-5-9-19(25(4,21)22)14-7-8-15-16(10-14)24-11-23-15/h7-8,10,12-13H,5-6,9,11H2,1-4H3,(H,18,20). The summed E-state index contributed by atoms with van der Waals surface area (Å²) in [6.45, 7) is 6.39. The topological polar surface area (TPSA) is 84.9 Å². The van der Waals surface area contributed by atoms with E-state index >= 15 is 0 Å². The van der Waals surface area contributed by atoms with Gasteiger partial charge >= 0.3 is 0 Å². The Hall–Kier alpha value is -1.96. The molecule has 0 fully saturated rings. The molecule has 0 radical (unpaired) electrons. The van der Waals surface area contributed by atoms with Crippen LogP contribution < -0.4 is 19.1 Å². The number of nitrogens with zero attached hydrogens (tertiary/aromatic N) is 1. The highest BCUT2D eigenvalue weighted by atomic mass is 32.2. The molecule has 0 saturated carbocycles. The van der Waals surface area contributed by atoms with Crippen LogP contribution in [-0.4, -0.2) is 40.0 Å². The third-order valence-electron chi connectivity index (χ3n) is 4.20. The summed E-state index contributed by atoms with van der Waals surface area (Å²) in [6.07, 6.45) is 1.85. The fourth-order valence-electron chi connectivity index (χ4n) is 2.40. The van der Waals surface area contributed by atoms with E-state index in [1.54, 1.807) is 18.2 Å². The number of hydrogen-bond donors (Lipinski definition) is 1. The van der Waals surface area contributed by atoms with Crippen molar-refractivity contribution in [2.45, 2.75) is 39.7 Å². The molecule has 0 saturated heterocycles. The Morgan fingerprint density at radius 3 is 2.56 bits per heavy atom. The zero-order valence-corrected chi connectivity index (χ0v) is 15.9. The first kappa shape index (κ1) is 19.4. The average molecular weight is 370 g/mol.